The molecule has 0 spiro atoms. The summed E-state index contributed by atoms with van der Waals surface area (Å²) < 4.78 is 0. The SMILES string of the molecule is O=C1Cc2ccc(C(=O)N3CCCCC3CCO)cc2N1. The molecule has 1 aromatic carbocycles. The maximum atomic E-state index is 12.7. The molecule has 2 aliphatic rings. The summed E-state index contributed by atoms with van der Waals surface area (Å²) >= 11 is 0. The van der Waals surface area contributed by atoms with Crippen molar-refractivity contribution >= 4 is 17.5 Å². The number of anilines is 1. The molecule has 5 nitrogen and oxygen atoms in total. The Morgan fingerprint density at radius 2 is 2.24 bits per heavy atom. The molecule has 0 aromatic heterocycles. The summed E-state index contributed by atoms with van der Waals surface area (Å²) in [7, 11) is 0. The van der Waals surface area contributed by atoms with E-state index in [0.717, 1.165) is 37.1 Å². The lowest BCUT2D eigenvalue weighted by Gasteiger charge is -2.35. The van der Waals surface area contributed by atoms with E-state index in [1.54, 1.807) is 12.1 Å². The van der Waals surface area contributed by atoms with Crippen LogP contribution < -0.4 is 5.32 Å². The number of aliphatic hydroxyl groups excluding tert-OH is 1. The van der Waals surface area contributed by atoms with E-state index in [-0.39, 0.29) is 24.5 Å². The Morgan fingerprint density at radius 3 is 3.05 bits per heavy atom. The van der Waals surface area contributed by atoms with Gasteiger partial charge in [0.25, 0.3) is 5.91 Å². The van der Waals surface area contributed by atoms with Crippen LogP contribution in [0.3, 0.4) is 0 Å². The molecule has 1 unspecified atom stereocenters. The predicted octanol–water partition coefficient (Wildman–Crippen LogP) is 1.56. The van der Waals surface area contributed by atoms with Crippen LogP contribution in [0.15, 0.2) is 18.2 Å². The Labute approximate surface area is 123 Å². The maximum Gasteiger partial charge on any atom is 0.254 e. The zero-order chi connectivity index (χ0) is 14.8. The van der Waals surface area contributed by atoms with Crippen molar-refractivity contribution in [3.05, 3.63) is 29.3 Å². The van der Waals surface area contributed by atoms with Gasteiger partial charge in [-0.1, -0.05) is 6.07 Å². The minimum absolute atomic E-state index is 0.00269. The number of aliphatic hydroxyl groups is 1. The number of amides is 2. The second kappa shape index (κ2) is 5.85. The van der Waals surface area contributed by atoms with Gasteiger partial charge in [-0.3, -0.25) is 9.59 Å². The second-order valence-corrected chi connectivity index (χ2v) is 5.76. The Kier molecular flexibility index (Phi) is 3.92. The number of hydrogen-bond acceptors (Lipinski definition) is 3. The molecule has 5 heteroatoms. The van der Waals surface area contributed by atoms with E-state index in [1.165, 1.54) is 0 Å². The minimum Gasteiger partial charge on any atom is -0.396 e. The number of rotatable bonds is 3. The average Bonchev–Trinajstić information content (AvgIpc) is 2.86. The number of nitrogens with one attached hydrogen (secondary N) is 1. The lowest BCUT2D eigenvalue weighted by Crippen LogP contribution is -2.44. The molecule has 112 valence electrons. The molecule has 0 saturated carbocycles. The van der Waals surface area contributed by atoms with Crippen molar-refractivity contribution in [2.24, 2.45) is 0 Å². The first-order valence-electron chi connectivity index (χ1n) is 7.53. The zero-order valence-electron chi connectivity index (χ0n) is 12.0. The number of benzene rings is 1. The topological polar surface area (TPSA) is 69.6 Å². The van der Waals surface area contributed by atoms with E-state index < -0.39 is 0 Å². The standard InChI is InChI=1S/C16H20N2O3/c19-8-6-13-3-1-2-7-18(13)16(21)12-5-4-11-10-15(20)17-14(11)9-12/h4-5,9,13,19H,1-3,6-8,10H2,(H,17,20). The van der Waals surface area contributed by atoms with Crippen molar-refractivity contribution < 1.29 is 14.7 Å². The predicted molar refractivity (Wildman–Crippen MR) is 79.2 cm³/mol. The minimum atomic E-state index is -0.0225. The highest BCUT2D eigenvalue weighted by atomic mass is 16.3. The van der Waals surface area contributed by atoms with Crippen LogP contribution in [0.5, 0.6) is 0 Å². The van der Waals surface area contributed by atoms with E-state index in [1.807, 2.05) is 11.0 Å². The molecule has 0 bridgehead atoms. The molecule has 2 heterocycles. The Morgan fingerprint density at radius 1 is 1.38 bits per heavy atom. The summed E-state index contributed by atoms with van der Waals surface area (Å²) in [5.74, 6) is -0.0252. The van der Waals surface area contributed by atoms with Crippen molar-refractivity contribution in [1.82, 2.24) is 4.90 Å². The number of fused-ring (bicyclic) bond motifs is 1. The van der Waals surface area contributed by atoms with Gasteiger partial charge >= 0.3 is 0 Å². The highest BCUT2D eigenvalue weighted by Gasteiger charge is 2.28. The molecular formula is C16H20N2O3. The molecule has 1 saturated heterocycles. The molecular weight excluding hydrogens is 268 g/mol. The average molecular weight is 288 g/mol. The van der Waals surface area contributed by atoms with Crippen LogP contribution in [-0.2, 0) is 11.2 Å². The molecule has 1 atom stereocenters. The lowest BCUT2D eigenvalue weighted by molar-refractivity contribution is -0.115. The molecule has 0 radical (unpaired) electrons. The van der Waals surface area contributed by atoms with E-state index in [2.05, 4.69) is 5.32 Å². The van der Waals surface area contributed by atoms with E-state index in [9.17, 15) is 9.59 Å². The van der Waals surface area contributed by atoms with Gasteiger partial charge in [-0.2, -0.15) is 0 Å². The number of piperidine rings is 1. The van der Waals surface area contributed by atoms with Crippen LogP contribution in [-0.4, -0.2) is 41.0 Å². The molecule has 1 aromatic rings. The molecule has 2 N–H and O–H groups in total. The summed E-state index contributed by atoms with van der Waals surface area (Å²) in [6, 6.07) is 5.55. The largest absolute Gasteiger partial charge is 0.396 e. The molecule has 2 aliphatic heterocycles. The molecule has 1 fully saturated rings. The van der Waals surface area contributed by atoms with Gasteiger partial charge in [0.15, 0.2) is 0 Å². The number of carbonyl (C=O) groups is 2. The van der Waals surface area contributed by atoms with Crippen LogP contribution >= 0.6 is 0 Å². The van der Waals surface area contributed by atoms with Crippen molar-refractivity contribution in [2.45, 2.75) is 38.1 Å². The first kappa shape index (κ1) is 14.1. The highest BCUT2D eigenvalue weighted by Crippen LogP contribution is 2.27. The first-order valence-corrected chi connectivity index (χ1v) is 7.53. The molecule has 0 aliphatic carbocycles. The normalized spacial score (nSPS) is 21.1. The lowest BCUT2D eigenvalue weighted by atomic mass is 9.98. The van der Waals surface area contributed by atoms with Crippen LogP contribution in [0, 0.1) is 0 Å². The van der Waals surface area contributed by atoms with Crippen LogP contribution in [0.2, 0.25) is 0 Å². The fourth-order valence-electron chi connectivity index (χ4n) is 3.23. The van der Waals surface area contributed by atoms with Crippen molar-refractivity contribution in [1.29, 1.82) is 0 Å². The summed E-state index contributed by atoms with van der Waals surface area (Å²) in [6.07, 6.45) is 4.09. The quantitative estimate of drug-likeness (QED) is 0.886. The van der Waals surface area contributed by atoms with Gasteiger partial charge in [-0.15, -0.1) is 0 Å². The molecule has 2 amide bonds. The van der Waals surface area contributed by atoms with E-state index in [0.29, 0.717) is 18.4 Å². The molecule has 3 rings (SSSR count). The van der Waals surface area contributed by atoms with Gasteiger partial charge in [0, 0.05) is 30.4 Å². The smallest absolute Gasteiger partial charge is 0.254 e. The van der Waals surface area contributed by atoms with Crippen molar-refractivity contribution in [3.63, 3.8) is 0 Å². The Balaban J connectivity index is 1.81. The third-order valence-corrected chi connectivity index (χ3v) is 4.33. The van der Waals surface area contributed by atoms with Crippen LogP contribution in [0.1, 0.15) is 41.6 Å². The highest BCUT2D eigenvalue weighted by molar-refractivity contribution is 6.02. The monoisotopic (exact) mass is 288 g/mol. The number of carbonyl (C=O) groups excluding carboxylic acids is 2. The van der Waals surface area contributed by atoms with Gasteiger partial charge < -0.3 is 15.3 Å². The van der Waals surface area contributed by atoms with E-state index >= 15 is 0 Å². The number of likely N-dealkylation sites (tertiary alicyclic amines) is 1. The third-order valence-electron chi connectivity index (χ3n) is 4.33. The zero-order valence-corrected chi connectivity index (χ0v) is 12.0. The van der Waals surface area contributed by atoms with Crippen LogP contribution in [0.25, 0.3) is 0 Å². The van der Waals surface area contributed by atoms with Gasteiger partial charge in [0.05, 0.1) is 6.42 Å². The van der Waals surface area contributed by atoms with Gasteiger partial charge in [0.1, 0.15) is 0 Å². The van der Waals surface area contributed by atoms with E-state index in [4.69, 9.17) is 5.11 Å². The molecule has 21 heavy (non-hydrogen) atoms. The summed E-state index contributed by atoms with van der Waals surface area (Å²) in [5.41, 5.74) is 2.31. The van der Waals surface area contributed by atoms with Crippen molar-refractivity contribution in [3.8, 4) is 0 Å². The Hall–Kier alpha value is -1.88. The third kappa shape index (κ3) is 2.78. The summed E-state index contributed by atoms with van der Waals surface area (Å²) in [6.45, 7) is 0.849. The fourth-order valence-corrected chi connectivity index (χ4v) is 3.23. The summed E-state index contributed by atoms with van der Waals surface area (Å²) in [4.78, 5) is 26.0. The van der Waals surface area contributed by atoms with Crippen molar-refractivity contribution in [2.75, 3.05) is 18.5 Å². The fraction of sp³-hybridized carbons (Fsp3) is 0.500. The van der Waals surface area contributed by atoms with Gasteiger partial charge in [-0.25, -0.2) is 0 Å². The first-order chi connectivity index (χ1) is 10.2. The second-order valence-electron chi connectivity index (χ2n) is 5.76. The Bertz CT molecular complexity index is 569. The maximum absolute atomic E-state index is 12.7. The van der Waals surface area contributed by atoms with Crippen LogP contribution in [0.4, 0.5) is 5.69 Å². The number of nitrogens with zero attached hydrogens (tertiary/aromatic N) is 1. The summed E-state index contributed by atoms with van der Waals surface area (Å²) in [5, 5.41) is 11.9. The van der Waals surface area contributed by atoms with Gasteiger partial charge in [-0.05, 0) is 43.4 Å². The van der Waals surface area contributed by atoms with Gasteiger partial charge in [0.2, 0.25) is 5.91 Å². The number of hydrogen-bond donors (Lipinski definition) is 2.